The summed E-state index contributed by atoms with van der Waals surface area (Å²) >= 11 is 0. The van der Waals surface area contributed by atoms with Crippen LogP contribution in [0, 0.1) is 11.8 Å². The third-order valence-corrected chi connectivity index (χ3v) is 3.74. The number of carbonyl (C=O) groups is 1. The van der Waals surface area contributed by atoms with Gasteiger partial charge in [0.15, 0.2) is 0 Å². The number of carbonyl (C=O) groups excluding carboxylic acids is 1. The summed E-state index contributed by atoms with van der Waals surface area (Å²) in [5.74, 6) is 1.50. The Hall–Kier alpha value is -0.570. The van der Waals surface area contributed by atoms with Crippen LogP contribution in [0.15, 0.2) is 0 Å². The van der Waals surface area contributed by atoms with Crippen LogP contribution in [-0.4, -0.2) is 24.5 Å². The third kappa shape index (κ3) is 5.07. The van der Waals surface area contributed by atoms with E-state index in [1.54, 1.807) is 0 Å². The number of rotatable bonds is 6. The fourth-order valence-electron chi connectivity index (χ4n) is 2.43. The van der Waals surface area contributed by atoms with Crippen LogP contribution in [0.5, 0.6) is 0 Å². The monoisotopic (exact) mass is 240 g/mol. The van der Waals surface area contributed by atoms with Crippen LogP contribution < -0.4 is 10.6 Å². The standard InChI is InChI=1S/C14H28N2O/c1-10(2)8-9-15-14(17)12(4)16-13-7-5-6-11(13)3/h10-13,16H,5-9H2,1-4H3,(H,15,17). The van der Waals surface area contributed by atoms with Gasteiger partial charge in [0, 0.05) is 12.6 Å². The number of nitrogens with one attached hydrogen (secondary N) is 2. The summed E-state index contributed by atoms with van der Waals surface area (Å²) in [5, 5.41) is 6.46. The molecule has 3 atom stereocenters. The van der Waals surface area contributed by atoms with E-state index in [-0.39, 0.29) is 11.9 Å². The molecule has 3 nitrogen and oxygen atoms in total. The lowest BCUT2D eigenvalue weighted by molar-refractivity contribution is -0.123. The van der Waals surface area contributed by atoms with Gasteiger partial charge in [-0.05, 0) is 38.0 Å². The second-order valence-electron chi connectivity index (χ2n) is 5.88. The molecule has 3 unspecified atom stereocenters. The van der Waals surface area contributed by atoms with Crippen LogP contribution >= 0.6 is 0 Å². The smallest absolute Gasteiger partial charge is 0.236 e. The molecule has 0 aliphatic heterocycles. The molecule has 0 aromatic rings. The molecular weight excluding hydrogens is 212 g/mol. The zero-order chi connectivity index (χ0) is 12.8. The van der Waals surface area contributed by atoms with Gasteiger partial charge in [-0.2, -0.15) is 0 Å². The highest BCUT2D eigenvalue weighted by molar-refractivity contribution is 5.81. The molecule has 17 heavy (non-hydrogen) atoms. The molecule has 0 aromatic heterocycles. The second kappa shape index (κ2) is 7.00. The lowest BCUT2D eigenvalue weighted by atomic mass is 10.1. The van der Waals surface area contributed by atoms with Crippen molar-refractivity contribution in [3.63, 3.8) is 0 Å². The normalized spacial score (nSPS) is 26.2. The maximum Gasteiger partial charge on any atom is 0.236 e. The molecule has 1 fully saturated rings. The molecule has 1 aliphatic carbocycles. The van der Waals surface area contributed by atoms with Gasteiger partial charge in [-0.1, -0.05) is 27.2 Å². The molecule has 0 heterocycles. The van der Waals surface area contributed by atoms with Gasteiger partial charge in [0.2, 0.25) is 5.91 Å². The van der Waals surface area contributed by atoms with E-state index in [2.05, 4.69) is 31.4 Å². The molecule has 0 spiro atoms. The van der Waals surface area contributed by atoms with E-state index in [0.717, 1.165) is 13.0 Å². The Morgan fingerprint density at radius 3 is 2.53 bits per heavy atom. The van der Waals surface area contributed by atoms with Crippen molar-refractivity contribution >= 4 is 5.91 Å². The third-order valence-electron chi connectivity index (χ3n) is 3.74. The van der Waals surface area contributed by atoms with E-state index in [9.17, 15) is 4.79 Å². The highest BCUT2D eigenvalue weighted by Crippen LogP contribution is 2.25. The summed E-state index contributed by atoms with van der Waals surface area (Å²) in [6.45, 7) is 9.38. The first-order valence-electron chi connectivity index (χ1n) is 7.04. The van der Waals surface area contributed by atoms with Crippen molar-refractivity contribution in [2.75, 3.05) is 6.54 Å². The van der Waals surface area contributed by atoms with Gasteiger partial charge >= 0.3 is 0 Å². The highest BCUT2D eigenvalue weighted by atomic mass is 16.2. The van der Waals surface area contributed by atoms with Crippen molar-refractivity contribution in [1.82, 2.24) is 10.6 Å². The first-order chi connectivity index (χ1) is 8.00. The summed E-state index contributed by atoms with van der Waals surface area (Å²) in [6, 6.07) is 0.466. The molecule has 0 bridgehead atoms. The van der Waals surface area contributed by atoms with Crippen molar-refractivity contribution in [3.05, 3.63) is 0 Å². The van der Waals surface area contributed by atoms with E-state index in [1.165, 1.54) is 19.3 Å². The quantitative estimate of drug-likeness (QED) is 0.748. The van der Waals surface area contributed by atoms with Crippen molar-refractivity contribution in [2.45, 2.75) is 65.5 Å². The minimum absolute atomic E-state index is 0.0623. The molecule has 1 aliphatic rings. The molecular formula is C14H28N2O. The SMILES string of the molecule is CC(C)CCNC(=O)C(C)NC1CCCC1C. The number of hydrogen-bond donors (Lipinski definition) is 2. The van der Waals surface area contributed by atoms with E-state index >= 15 is 0 Å². The van der Waals surface area contributed by atoms with Gasteiger partial charge in [-0.25, -0.2) is 0 Å². The van der Waals surface area contributed by atoms with Crippen LogP contribution in [0.3, 0.4) is 0 Å². The predicted molar refractivity (Wildman–Crippen MR) is 71.9 cm³/mol. The zero-order valence-electron chi connectivity index (χ0n) is 11.8. The van der Waals surface area contributed by atoms with E-state index in [4.69, 9.17) is 0 Å². The van der Waals surface area contributed by atoms with Gasteiger partial charge < -0.3 is 10.6 Å². The molecule has 1 rings (SSSR count). The fourth-order valence-corrected chi connectivity index (χ4v) is 2.43. The Morgan fingerprint density at radius 2 is 2.00 bits per heavy atom. The molecule has 0 radical (unpaired) electrons. The van der Waals surface area contributed by atoms with Crippen LogP contribution in [0.25, 0.3) is 0 Å². The average Bonchev–Trinajstić information content (AvgIpc) is 2.63. The van der Waals surface area contributed by atoms with Crippen molar-refractivity contribution in [1.29, 1.82) is 0 Å². The highest BCUT2D eigenvalue weighted by Gasteiger charge is 2.26. The molecule has 100 valence electrons. The Balaban J connectivity index is 2.22. The van der Waals surface area contributed by atoms with Crippen molar-refractivity contribution < 1.29 is 4.79 Å². The minimum Gasteiger partial charge on any atom is -0.355 e. The Bertz CT molecular complexity index is 240. The molecule has 3 heteroatoms. The maximum atomic E-state index is 11.8. The molecule has 1 amide bonds. The van der Waals surface area contributed by atoms with Crippen molar-refractivity contribution in [3.8, 4) is 0 Å². The molecule has 0 saturated heterocycles. The fraction of sp³-hybridized carbons (Fsp3) is 0.929. The minimum atomic E-state index is -0.0623. The average molecular weight is 240 g/mol. The topological polar surface area (TPSA) is 41.1 Å². The van der Waals surface area contributed by atoms with E-state index in [1.807, 2.05) is 6.92 Å². The molecule has 1 saturated carbocycles. The summed E-state index contributed by atoms with van der Waals surface area (Å²) in [5.41, 5.74) is 0. The van der Waals surface area contributed by atoms with Crippen LogP contribution in [-0.2, 0) is 4.79 Å². The van der Waals surface area contributed by atoms with E-state index < -0.39 is 0 Å². The first kappa shape index (κ1) is 14.5. The van der Waals surface area contributed by atoms with Gasteiger partial charge in [0.25, 0.3) is 0 Å². The Labute approximate surface area is 106 Å². The first-order valence-corrected chi connectivity index (χ1v) is 7.04. The van der Waals surface area contributed by atoms with Crippen molar-refractivity contribution in [2.24, 2.45) is 11.8 Å². The summed E-state index contributed by atoms with van der Waals surface area (Å²) in [7, 11) is 0. The lowest BCUT2D eigenvalue weighted by Gasteiger charge is -2.22. The maximum absolute atomic E-state index is 11.8. The second-order valence-corrected chi connectivity index (χ2v) is 5.88. The van der Waals surface area contributed by atoms with Gasteiger partial charge in [-0.15, -0.1) is 0 Å². The van der Waals surface area contributed by atoms with Crippen LogP contribution in [0.1, 0.15) is 53.4 Å². The van der Waals surface area contributed by atoms with Gasteiger partial charge in [-0.3, -0.25) is 4.79 Å². The summed E-state index contributed by atoms with van der Waals surface area (Å²) in [6.07, 6.45) is 4.85. The van der Waals surface area contributed by atoms with E-state index in [0.29, 0.717) is 17.9 Å². The van der Waals surface area contributed by atoms with Crippen LogP contribution in [0.4, 0.5) is 0 Å². The summed E-state index contributed by atoms with van der Waals surface area (Å²) < 4.78 is 0. The van der Waals surface area contributed by atoms with Gasteiger partial charge in [0.1, 0.15) is 0 Å². The predicted octanol–water partition coefficient (Wildman–Crippen LogP) is 2.32. The summed E-state index contributed by atoms with van der Waals surface area (Å²) in [4.78, 5) is 11.8. The van der Waals surface area contributed by atoms with Crippen LogP contribution in [0.2, 0.25) is 0 Å². The number of amides is 1. The number of hydrogen-bond acceptors (Lipinski definition) is 2. The largest absolute Gasteiger partial charge is 0.355 e. The van der Waals surface area contributed by atoms with Gasteiger partial charge in [0.05, 0.1) is 6.04 Å². The zero-order valence-corrected chi connectivity index (χ0v) is 11.8. The lowest BCUT2D eigenvalue weighted by Crippen LogP contribution is -2.47. The molecule has 0 aromatic carbocycles. The molecule has 2 N–H and O–H groups in total. The Kier molecular flexibility index (Phi) is 5.96. The Morgan fingerprint density at radius 1 is 1.29 bits per heavy atom.